The van der Waals surface area contributed by atoms with Gasteiger partial charge in [-0.05, 0) is 24.8 Å². The molecule has 1 heterocycles. The molecule has 1 aromatic heterocycles. The summed E-state index contributed by atoms with van der Waals surface area (Å²) in [5.74, 6) is 0.472. The Hall–Kier alpha value is -2.17. The molecule has 0 aliphatic heterocycles. The minimum atomic E-state index is -0.765. The SMILES string of the molecule is O=C(O)CCCCc1nnc(CCc2ccccc2)o1. The van der Waals surface area contributed by atoms with E-state index in [0.29, 0.717) is 24.6 Å². The van der Waals surface area contributed by atoms with Crippen molar-refractivity contribution in [2.75, 3.05) is 0 Å². The molecule has 2 aromatic rings. The van der Waals surface area contributed by atoms with E-state index in [2.05, 4.69) is 22.3 Å². The summed E-state index contributed by atoms with van der Waals surface area (Å²) in [4.78, 5) is 10.4. The summed E-state index contributed by atoms with van der Waals surface area (Å²) < 4.78 is 5.54. The second-order valence-corrected chi connectivity index (χ2v) is 4.68. The summed E-state index contributed by atoms with van der Waals surface area (Å²) in [5, 5.41) is 16.5. The van der Waals surface area contributed by atoms with Crippen molar-refractivity contribution < 1.29 is 14.3 Å². The Labute approximate surface area is 117 Å². The standard InChI is InChI=1S/C15H18N2O3/c18-15(19)9-5-4-8-13-16-17-14(20-13)11-10-12-6-2-1-3-7-12/h1-3,6-7H,4-5,8-11H2,(H,18,19). The summed E-state index contributed by atoms with van der Waals surface area (Å²) in [6.45, 7) is 0. The summed E-state index contributed by atoms with van der Waals surface area (Å²) in [7, 11) is 0. The summed E-state index contributed by atoms with van der Waals surface area (Å²) in [6, 6.07) is 10.2. The summed E-state index contributed by atoms with van der Waals surface area (Å²) in [5.41, 5.74) is 1.24. The Morgan fingerprint density at radius 1 is 1.00 bits per heavy atom. The van der Waals surface area contributed by atoms with Gasteiger partial charge in [0.15, 0.2) is 0 Å². The van der Waals surface area contributed by atoms with Crippen LogP contribution in [0.4, 0.5) is 0 Å². The fourth-order valence-electron chi connectivity index (χ4n) is 1.94. The number of carboxylic acid groups (broad SMARTS) is 1. The number of unbranched alkanes of at least 4 members (excludes halogenated alkanes) is 1. The molecule has 0 atom stereocenters. The number of hydrogen-bond acceptors (Lipinski definition) is 4. The number of aliphatic carboxylic acids is 1. The van der Waals surface area contributed by atoms with Gasteiger partial charge >= 0.3 is 5.97 Å². The summed E-state index contributed by atoms with van der Waals surface area (Å²) in [6.07, 6.45) is 3.83. The maximum absolute atomic E-state index is 10.4. The first-order valence-electron chi connectivity index (χ1n) is 6.81. The number of aromatic nitrogens is 2. The molecule has 0 amide bonds. The molecule has 0 unspecified atom stereocenters. The second-order valence-electron chi connectivity index (χ2n) is 4.68. The monoisotopic (exact) mass is 274 g/mol. The van der Waals surface area contributed by atoms with E-state index in [0.717, 1.165) is 19.3 Å². The van der Waals surface area contributed by atoms with Crippen molar-refractivity contribution in [3.05, 3.63) is 47.7 Å². The van der Waals surface area contributed by atoms with E-state index in [4.69, 9.17) is 9.52 Å². The Morgan fingerprint density at radius 3 is 2.40 bits per heavy atom. The van der Waals surface area contributed by atoms with Crippen LogP contribution in [0.3, 0.4) is 0 Å². The molecule has 0 radical (unpaired) electrons. The average Bonchev–Trinajstić information content (AvgIpc) is 2.90. The van der Waals surface area contributed by atoms with Crippen LogP contribution in [-0.2, 0) is 24.1 Å². The Balaban J connectivity index is 1.73. The van der Waals surface area contributed by atoms with Crippen molar-refractivity contribution in [1.82, 2.24) is 10.2 Å². The predicted octanol–water partition coefficient (Wildman–Crippen LogP) is 2.65. The average molecular weight is 274 g/mol. The third-order valence-electron chi connectivity index (χ3n) is 3.01. The first-order chi connectivity index (χ1) is 9.74. The Bertz CT molecular complexity index is 537. The van der Waals surface area contributed by atoms with E-state index in [1.54, 1.807) is 0 Å². The van der Waals surface area contributed by atoms with Gasteiger partial charge in [0.2, 0.25) is 11.8 Å². The highest BCUT2D eigenvalue weighted by Crippen LogP contribution is 2.09. The molecule has 0 aliphatic rings. The van der Waals surface area contributed by atoms with Gasteiger partial charge in [-0.15, -0.1) is 10.2 Å². The van der Waals surface area contributed by atoms with Crippen LogP contribution in [0.15, 0.2) is 34.7 Å². The van der Waals surface area contributed by atoms with Crippen molar-refractivity contribution in [3.63, 3.8) is 0 Å². The molecule has 0 saturated carbocycles. The van der Waals surface area contributed by atoms with Crippen LogP contribution >= 0.6 is 0 Å². The third kappa shape index (κ3) is 4.84. The smallest absolute Gasteiger partial charge is 0.303 e. The molecular weight excluding hydrogens is 256 g/mol. The highest BCUT2D eigenvalue weighted by atomic mass is 16.4. The van der Waals surface area contributed by atoms with Crippen LogP contribution in [0.25, 0.3) is 0 Å². The van der Waals surface area contributed by atoms with Gasteiger partial charge in [-0.1, -0.05) is 30.3 Å². The number of hydrogen-bond donors (Lipinski definition) is 1. The highest BCUT2D eigenvalue weighted by molar-refractivity contribution is 5.66. The lowest BCUT2D eigenvalue weighted by atomic mass is 10.1. The van der Waals surface area contributed by atoms with E-state index in [1.807, 2.05) is 18.2 Å². The predicted molar refractivity (Wildman–Crippen MR) is 73.3 cm³/mol. The maximum Gasteiger partial charge on any atom is 0.303 e. The van der Waals surface area contributed by atoms with Crippen molar-refractivity contribution in [3.8, 4) is 0 Å². The van der Waals surface area contributed by atoms with E-state index >= 15 is 0 Å². The van der Waals surface area contributed by atoms with Gasteiger partial charge in [0.05, 0.1) is 0 Å². The zero-order valence-corrected chi connectivity index (χ0v) is 11.3. The lowest BCUT2D eigenvalue weighted by Gasteiger charge is -1.97. The van der Waals surface area contributed by atoms with E-state index < -0.39 is 5.97 Å². The van der Waals surface area contributed by atoms with Crippen molar-refractivity contribution in [1.29, 1.82) is 0 Å². The van der Waals surface area contributed by atoms with Gasteiger partial charge in [-0.2, -0.15) is 0 Å². The normalized spacial score (nSPS) is 10.6. The van der Waals surface area contributed by atoms with Crippen LogP contribution in [0.5, 0.6) is 0 Å². The summed E-state index contributed by atoms with van der Waals surface area (Å²) >= 11 is 0. The molecule has 0 fully saturated rings. The molecule has 0 spiro atoms. The van der Waals surface area contributed by atoms with Crippen molar-refractivity contribution in [2.45, 2.75) is 38.5 Å². The molecule has 20 heavy (non-hydrogen) atoms. The molecule has 106 valence electrons. The lowest BCUT2D eigenvalue weighted by molar-refractivity contribution is -0.137. The second kappa shape index (κ2) is 7.43. The first kappa shape index (κ1) is 14.2. The van der Waals surface area contributed by atoms with Crippen LogP contribution in [0, 0.1) is 0 Å². The molecule has 5 nitrogen and oxygen atoms in total. The van der Waals surface area contributed by atoms with E-state index in [9.17, 15) is 4.79 Å². The van der Waals surface area contributed by atoms with Crippen molar-refractivity contribution >= 4 is 5.97 Å². The number of aryl methyl sites for hydroxylation is 3. The molecule has 0 aliphatic carbocycles. The minimum Gasteiger partial charge on any atom is -0.481 e. The van der Waals surface area contributed by atoms with Gasteiger partial charge in [-0.3, -0.25) is 4.79 Å². The zero-order chi connectivity index (χ0) is 14.2. The number of rotatable bonds is 8. The van der Waals surface area contributed by atoms with Gasteiger partial charge in [-0.25, -0.2) is 0 Å². The fourth-order valence-corrected chi connectivity index (χ4v) is 1.94. The molecular formula is C15H18N2O3. The van der Waals surface area contributed by atoms with Crippen LogP contribution in [-0.4, -0.2) is 21.3 Å². The van der Waals surface area contributed by atoms with Gasteiger partial charge < -0.3 is 9.52 Å². The fraction of sp³-hybridized carbons (Fsp3) is 0.400. The topological polar surface area (TPSA) is 76.2 Å². The first-order valence-corrected chi connectivity index (χ1v) is 6.81. The number of carbonyl (C=O) groups is 1. The highest BCUT2D eigenvalue weighted by Gasteiger charge is 2.06. The van der Waals surface area contributed by atoms with Crippen LogP contribution < -0.4 is 0 Å². The molecule has 0 bridgehead atoms. The number of nitrogens with zero attached hydrogens (tertiary/aromatic N) is 2. The van der Waals surface area contributed by atoms with Crippen LogP contribution in [0.1, 0.15) is 36.6 Å². The van der Waals surface area contributed by atoms with Gasteiger partial charge in [0.25, 0.3) is 0 Å². The molecule has 2 rings (SSSR count). The maximum atomic E-state index is 10.4. The third-order valence-corrected chi connectivity index (χ3v) is 3.01. The number of benzene rings is 1. The lowest BCUT2D eigenvalue weighted by Crippen LogP contribution is -1.95. The molecule has 1 N–H and O–H groups in total. The minimum absolute atomic E-state index is 0.189. The van der Waals surface area contributed by atoms with E-state index in [1.165, 1.54) is 5.56 Å². The zero-order valence-electron chi connectivity index (χ0n) is 11.3. The van der Waals surface area contributed by atoms with Gasteiger partial charge in [0, 0.05) is 19.3 Å². The largest absolute Gasteiger partial charge is 0.481 e. The van der Waals surface area contributed by atoms with Crippen LogP contribution in [0.2, 0.25) is 0 Å². The molecule has 5 heteroatoms. The molecule has 0 saturated heterocycles. The Morgan fingerprint density at radius 2 is 1.70 bits per heavy atom. The van der Waals surface area contributed by atoms with E-state index in [-0.39, 0.29) is 6.42 Å². The van der Waals surface area contributed by atoms with Crippen molar-refractivity contribution in [2.24, 2.45) is 0 Å². The molecule has 1 aromatic carbocycles. The van der Waals surface area contributed by atoms with Gasteiger partial charge in [0.1, 0.15) is 0 Å². The quantitative estimate of drug-likeness (QED) is 0.749. The Kier molecular flexibility index (Phi) is 5.29. The number of carboxylic acids is 1.